The third-order valence-electron chi connectivity index (χ3n) is 3.77. The molecule has 5 heteroatoms. The molecule has 0 bridgehead atoms. The van der Waals surface area contributed by atoms with Crippen LogP contribution in [0.25, 0.3) is 11.0 Å². The van der Waals surface area contributed by atoms with E-state index in [9.17, 15) is 4.79 Å². The molecule has 0 saturated carbocycles. The molecule has 104 valence electrons. The van der Waals surface area contributed by atoms with Crippen molar-refractivity contribution in [1.82, 2.24) is 9.97 Å². The smallest absolute Gasteiger partial charge is 0.303 e. The number of carbonyl (C=O) groups is 1. The molecule has 1 fully saturated rings. The summed E-state index contributed by atoms with van der Waals surface area (Å²) in [5, 5.41) is 8.88. The molecule has 1 unspecified atom stereocenters. The van der Waals surface area contributed by atoms with E-state index in [2.05, 4.69) is 14.9 Å². The summed E-state index contributed by atoms with van der Waals surface area (Å²) < 4.78 is 0. The maximum Gasteiger partial charge on any atom is 0.303 e. The molecule has 20 heavy (non-hydrogen) atoms. The monoisotopic (exact) mass is 271 g/mol. The van der Waals surface area contributed by atoms with Crippen LogP contribution in [0.5, 0.6) is 0 Å². The predicted molar refractivity (Wildman–Crippen MR) is 76.8 cm³/mol. The van der Waals surface area contributed by atoms with E-state index in [0.717, 1.165) is 42.1 Å². The topological polar surface area (TPSA) is 66.3 Å². The number of nitrogens with zero attached hydrogens (tertiary/aromatic N) is 3. The molecule has 0 amide bonds. The molecule has 2 aromatic rings. The van der Waals surface area contributed by atoms with Crippen LogP contribution < -0.4 is 4.90 Å². The Labute approximate surface area is 117 Å². The van der Waals surface area contributed by atoms with Gasteiger partial charge >= 0.3 is 5.97 Å². The third-order valence-corrected chi connectivity index (χ3v) is 3.77. The van der Waals surface area contributed by atoms with E-state index in [1.165, 1.54) is 0 Å². The number of rotatable bonds is 3. The van der Waals surface area contributed by atoms with Gasteiger partial charge in [0.25, 0.3) is 0 Å². The molecule has 1 saturated heterocycles. The van der Waals surface area contributed by atoms with Gasteiger partial charge in [0, 0.05) is 19.5 Å². The Hall–Kier alpha value is -2.17. The molecule has 5 nitrogen and oxygen atoms in total. The van der Waals surface area contributed by atoms with Crippen LogP contribution in [0, 0.1) is 12.8 Å². The van der Waals surface area contributed by atoms with E-state index in [-0.39, 0.29) is 12.3 Å². The van der Waals surface area contributed by atoms with Gasteiger partial charge in [-0.3, -0.25) is 4.79 Å². The second-order valence-corrected chi connectivity index (χ2v) is 5.32. The second kappa shape index (κ2) is 5.07. The summed E-state index contributed by atoms with van der Waals surface area (Å²) in [7, 11) is 0. The Morgan fingerprint density at radius 3 is 2.75 bits per heavy atom. The second-order valence-electron chi connectivity index (χ2n) is 5.32. The zero-order valence-electron chi connectivity index (χ0n) is 11.4. The number of aromatic nitrogens is 2. The quantitative estimate of drug-likeness (QED) is 0.927. The van der Waals surface area contributed by atoms with Crippen LogP contribution in [0.1, 0.15) is 18.5 Å². The van der Waals surface area contributed by atoms with Gasteiger partial charge in [-0.15, -0.1) is 0 Å². The summed E-state index contributed by atoms with van der Waals surface area (Å²) in [5.74, 6) is 0.370. The number of hydrogen-bond donors (Lipinski definition) is 1. The van der Waals surface area contributed by atoms with Gasteiger partial charge in [-0.2, -0.15) is 0 Å². The Bertz CT molecular complexity index is 657. The molecule has 1 aliphatic rings. The number of carboxylic acid groups (broad SMARTS) is 1. The minimum atomic E-state index is -0.724. The van der Waals surface area contributed by atoms with Crippen LogP contribution in [-0.2, 0) is 4.79 Å². The standard InChI is InChI=1S/C15H17N3O2/c1-10-15(17-13-5-3-2-4-12(13)16-10)18-7-6-11(9-18)8-14(19)20/h2-5,11H,6-9H2,1H3,(H,19,20). The minimum Gasteiger partial charge on any atom is -0.481 e. The van der Waals surface area contributed by atoms with Crippen molar-refractivity contribution < 1.29 is 9.90 Å². The first kappa shape index (κ1) is 12.8. The Balaban J connectivity index is 1.87. The Kier molecular flexibility index (Phi) is 3.26. The van der Waals surface area contributed by atoms with Gasteiger partial charge < -0.3 is 10.0 Å². The van der Waals surface area contributed by atoms with E-state index in [1.54, 1.807) is 0 Å². The molecule has 2 heterocycles. The third kappa shape index (κ3) is 2.43. The molecule has 0 spiro atoms. The van der Waals surface area contributed by atoms with Gasteiger partial charge in [0.2, 0.25) is 0 Å². The van der Waals surface area contributed by atoms with E-state index < -0.39 is 5.97 Å². The van der Waals surface area contributed by atoms with E-state index >= 15 is 0 Å². The summed E-state index contributed by atoms with van der Waals surface area (Å²) in [6.07, 6.45) is 1.14. The molecule has 1 atom stereocenters. The molecule has 1 aromatic carbocycles. The first-order valence-electron chi connectivity index (χ1n) is 6.83. The average Bonchev–Trinajstić information content (AvgIpc) is 2.85. The lowest BCUT2D eigenvalue weighted by molar-refractivity contribution is -0.137. The minimum absolute atomic E-state index is 0.208. The first-order valence-corrected chi connectivity index (χ1v) is 6.83. The van der Waals surface area contributed by atoms with E-state index in [1.807, 2.05) is 31.2 Å². The van der Waals surface area contributed by atoms with E-state index in [0.29, 0.717) is 0 Å². The zero-order chi connectivity index (χ0) is 14.1. The van der Waals surface area contributed by atoms with Crippen LogP contribution >= 0.6 is 0 Å². The van der Waals surface area contributed by atoms with Crippen molar-refractivity contribution in [3.63, 3.8) is 0 Å². The van der Waals surface area contributed by atoms with Gasteiger partial charge in [0.15, 0.2) is 5.82 Å². The van der Waals surface area contributed by atoms with Gasteiger partial charge in [-0.25, -0.2) is 9.97 Å². The average molecular weight is 271 g/mol. The Morgan fingerprint density at radius 2 is 2.05 bits per heavy atom. The van der Waals surface area contributed by atoms with Crippen molar-refractivity contribution in [2.75, 3.05) is 18.0 Å². The maximum absolute atomic E-state index is 10.8. The summed E-state index contributed by atoms with van der Waals surface area (Å²) >= 11 is 0. The number of carboxylic acids is 1. The molecular weight excluding hydrogens is 254 g/mol. The number of hydrogen-bond acceptors (Lipinski definition) is 4. The fourth-order valence-corrected chi connectivity index (χ4v) is 2.82. The lowest BCUT2D eigenvalue weighted by atomic mass is 10.1. The van der Waals surface area contributed by atoms with Crippen molar-refractivity contribution in [2.45, 2.75) is 19.8 Å². The van der Waals surface area contributed by atoms with Crippen molar-refractivity contribution in [3.8, 4) is 0 Å². The van der Waals surface area contributed by atoms with Crippen molar-refractivity contribution in [3.05, 3.63) is 30.0 Å². The van der Waals surface area contributed by atoms with Crippen molar-refractivity contribution >= 4 is 22.8 Å². The highest BCUT2D eigenvalue weighted by Gasteiger charge is 2.26. The molecule has 0 aliphatic carbocycles. The SMILES string of the molecule is Cc1nc2ccccc2nc1N1CCC(CC(=O)O)C1. The highest BCUT2D eigenvalue weighted by atomic mass is 16.4. The molecule has 1 aromatic heterocycles. The predicted octanol–water partition coefficient (Wildman–Crippen LogP) is 2.24. The number of para-hydroxylation sites is 2. The highest BCUT2D eigenvalue weighted by molar-refractivity contribution is 5.76. The van der Waals surface area contributed by atoms with Crippen LogP contribution in [0.2, 0.25) is 0 Å². The summed E-state index contributed by atoms with van der Waals surface area (Å²) in [5.41, 5.74) is 2.68. The lowest BCUT2D eigenvalue weighted by Gasteiger charge is -2.19. The molecular formula is C15H17N3O2. The molecule has 1 aliphatic heterocycles. The van der Waals surface area contributed by atoms with Crippen LogP contribution in [0.15, 0.2) is 24.3 Å². The number of benzene rings is 1. The molecule has 3 rings (SSSR count). The van der Waals surface area contributed by atoms with Crippen molar-refractivity contribution in [2.24, 2.45) is 5.92 Å². The highest BCUT2D eigenvalue weighted by Crippen LogP contribution is 2.27. The fourth-order valence-electron chi connectivity index (χ4n) is 2.82. The normalized spacial score (nSPS) is 18.6. The number of aryl methyl sites for hydroxylation is 1. The van der Waals surface area contributed by atoms with Gasteiger partial charge in [0.1, 0.15) is 0 Å². The van der Waals surface area contributed by atoms with Crippen LogP contribution in [-0.4, -0.2) is 34.1 Å². The van der Waals surface area contributed by atoms with Crippen LogP contribution in [0.3, 0.4) is 0 Å². The largest absolute Gasteiger partial charge is 0.481 e. The van der Waals surface area contributed by atoms with Gasteiger partial charge in [-0.1, -0.05) is 12.1 Å². The fraction of sp³-hybridized carbons (Fsp3) is 0.400. The lowest BCUT2D eigenvalue weighted by Crippen LogP contribution is -2.23. The first-order chi connectivity index (χ1) is 9.63. The number of fused-ring (bicyclic) bond motifs is 1. The maximum atomic E-state index is 10.8. The van der Waals surface area contributed by atoms with E-state index in [4.69, 9.17) is 5.11 Å². The number of anilines is 1. The Morgan fingerprint density at radius 1 is 1.35 bits per heavy atom. The summed E-state index contributed by atoms with van der Waals surface area (Å²) in [6, 6.07) is 7.81. The molecule has 0 radical (unpaired) electrons. The van der Waals surface area contributed by atoms with Crippen molar-refractivity contribution in [1.29, 1.82) is 0 Å². The van der Waals surface area contributed by atoms with Gasteiger partial charge in [-0.05, 0) is 31.4 Å². The van der Waals surface area contributed by atoms with Gasteiger partial charge in [0.05, 0.1) is 16.7 Å². The molecule has 1 N–H and O–H groups in total. The zero-order valence-corrected chi connectivity index (χ0v) is 11.4. The summed E-state index contributed by atoms with van der Waals surface area (Å²) in [6.45, 7) is 3.56. The number of aliphatic carboxylic acids is 1. The summed E-state index contributed by atoms with van der Waals surface area (Å²) in [4.78, 5) is 22.2. The van der Waals surface area contributed by atoms with Crippen LogP contribution in [0.4, 0.5) is 5.82 Å².